The molecule has 1 aromatic heterocycles. The largest absolute Gasteiger partial charge is 0.448 e. The highest BCUT2D eigenvalue weighted by molar-refractivity contribution is 7.20. The molecule has 1 atom stereocenters. The molecular weight excluding hydrogens is 365 g/mol. The van der Waals surface area contributed by atoms with Gasteiger partial charge in [-0.05, 0) is 37.3 Å². The van der Waals surface area contributed by atoms with Crippen molar-refractivity contribution in [3.8, 4) is 0 Å². The number of para-hydroxylation sites is 1. The molecule has 0 bridgehead atoms. The van der Waals surface area contributed by atoms with Gasteiger partial charge in [0.1, 0.15) is 10.7 Å². The van der Waals surface area contributed by atoms with Gasteiger partial charge in [-0.15, -0.1) is 11.3 Å². The average molecular weight is 378 g/mol. The molecule has 0 aliphatic carbocycles. The van der Waals surface area contributed by atoms with E-state index in [0.29, 0.717) is 20.8 Å². The molecule has 128 valence electrons. The van der Waals surface area contributed by atoms with E-state index in [-0.39, 0.29) is 4.88 Å². The van der Waals surface area contributed by atoms with Crippen molar-refractivity contribution in [2.24, 2.45) is 0 Å². The Morgan fingerprint density at radius 2 is 1.96 bits per heavy atom. The third-order valence-corrected chi connectivity index (χ3v) is 4.90. The zero-order valence-corrected chi connectivity index (χ0v) is 14.7. The fourth-order valence-corrected chi connectivity index (χ4v) is 3.34. The molecule has 3 aromatic rings. The van der Waals surface area contributed by atoms with E-state index in [4.69, 9.17) is 16.3 Å². The summed E-state index contributed by atoms with van der Waals surface area (Å²) in [6.45, 7) is 1.46. The lowest BCUT2D eigenvalue weighted by atomic mass is 10.2. The van der Waals surface area contributed by atoms with Crippen LogP contribution in [-0.2, 0) is 9.53 Å². The minimum absolute atomic E-state index is 0.234. The average Bonchev–Trinajstić information content (AvgIpc) is 3.02. The number of ether oxygens (including phenoxy) is 1. The van der Waals surface area contributed by atoms with Crippen LogP contribution >= 0.6 is 22.9 Å². The molecule has 0 radical (unpaired) electrons. The number of carbonyl (C=O) groups is 2. The summed E-state index contributed by atoms with van der Waals surface area (Å²) in [4.78, 5) is 24.6. The number of fused-ring (bicyclic) bond motifs is 1. The van der Waals surface area contributed by atoms with Crippen molar-refractivity contribution < 1.29 is 18.7 Å². The molecule has 4 nitrogen and oxygen atoms in total. The lowest BCUT2D eigenvalue weighted by Crippen LogP contribution is -2.29. The number of esters is 1. The fourth-order valence-electron chi connectivity index (χ4n) is 2.20. The van der Waals surface area contributed by atoms with Crippen LogP contribution in [0.5, 0.6) is 0 Å². The number of hydrogen-bond acceptors (Lipinski definition) is 4. The summed E-state index contributed by atoms with van der Waals surface area (Å²) in [5.74, 6) is -1.59. The van der Waals surface area contributed by atoms with Crippen LogP contribution in [0.1, 0.15) is 16.6 Å². The Bertz CT molecular complexity index is 956. The number of thiophene rings is 1. The second-order valence-corrected chi connectivity index (χ2v) is 6.77. The van der Waals surface area contributed by atoms with E-state index in [2.05, 4.69) is 5.32 Å². The monoisotopic (exact) mass is 377 g/mol. The Balaban J connectivity index is 1.70. The first-order valence-electron chi connectivity index (χ1n) is 7.40. The van der Waals surface area contributed by atoms with Crippen LogP contribution in [0, 0.1) is 5.82 Å². The normalized spacial score (nSPS) is 12.0. The zero-order chi connectivity index (χ0) is 18.0. The molecule has 0 saturated carbocycles. The first-order chi connectivity index (χ1) is 12.0. The zero-order valence-electron chi connectivity index (χ0n) is 13.1. The maximum Gasteiger partial charge on any atom is 0.349 e. The number of anilines is 1. The third kappa shape index (κ3) is 3.81. The van der Waals surface area contributed by atoms with Crippen molar-refractivity contribution in [3.05, 3.63) is 64.2 Å². The number of nitrogens with one attached hydrogen (secondary N) is 1. The van der Waals surface area contributed by atoms with Gasteiger partial charge in [-0.1, -0.05) is 29.8 Å². The Morgan fingerprint density at radius 3 is 2.68 bits per heavy atom. The van der Waals surface area contributed by atoms with E-state index in [0.717, 1.165) is 11.3 Å². The van der Waals surface area contributed by atoms with Gasteiger partial charge in [0.25, 0.3) is 5.91 Å². The van der Waals surface area contributed by atoms with Crippen LogP contribution in [0.3, 0.4) is 0 Å². The summed E-state index contributed by atoms with van der Waals surface area (Å²) >= 11 is 7.09. The van der Waals surface area contributed by atoms with Crippen molar-refractivity contribution >= 4 is 50.6 Å². The standard InChI is InChI=1S/C18H13ClFNO3S/c1-10(17(22)21-14-7-3-2-5-12(14)19)24-18(23)16-9-11-13(20)6-4-8-15(11)25-16/h2-10H,1H3,(H,21,22)/t10-/m1/s1. The third-order valence-electron chi connectivity index (χ3n) is 3.49. The molecule has 3 rings (SSSR count). The summed E-state index contributed by atoms with van der Waals surface area (Å²) in [6, 6.07) is 12.8. The minimum Gasteiger partial charge on any atom is -0.448 e. The van der Waals surface area contributed by atoms with Gasteiger partial charge in [0.05, 0.1) is 10.7 Å². The number of amides is 1. The Hall–Kier alpha value is -2.44. The highest BCUT2D eigenvalue weighted by Gasteiger charge is 2.21. The van der Waals surface area contributed by atoms with E-state index in [1.165, 1.54) is 19.1 Å². The van der Waals surface area contributed by atoms with Crippen LogP contribution < -0.4 is 5.32 Å². The van der Waals surface area contributed by atoms with Crippen LogP contribution in [0.4, 0.5) is 10.1 Å². The quantitative estimate of drug-likeness (QED) is 0.659. The van der Waals surface area contributed by atoms with Crippen LogP contribution in [-0.4, -0.2) is 18.0 Å². The Labute approximate surface area is 152 Å². The van der Waals surface area contributed by atoms with Crippen molar-refractivity contribution in [2.45, 2.75) is 13.0 Å². The van der Waals surface area contributed by atoms with Gasteiger partial charge in [-0.3, -0.25) is 4.79 Å². The van der Waals surface area contributed by atoms with Gasteiger partial charge < -0.3 is 10.1 Å². The molecular formula is C18H13ClFNO3S. The summed E-state index contributed by atoms with van der Waals surface area (Å²) in [6.07, 6.45) is -1.03. The van der Waals surface area contributed by atoms with Crippen LogP contribution in [0.25, 0.3) is 10.1 Å². The first-order valence-corrected chi connectivity index (χ1v) is 8.59. The van der Waals surface area contributed by atoms with Gasteiger partial charge in [-0.2, -0.15) is 0 Å². The lowest BCUT2D eigenvalue weighted by molar-refractivity contribution is -0.123. The molecule has 1 heterocycles. The molecule has 0 spiro atoms. The van der Waals surface area contributed by atoms with Gasteiger partial charge >= 0.3 is 5.97 Å². The highest BCUT2D eigenvalue weighted by Crippen LogP contribution is 2.28. The lowest BCUT2D eigenvalue weighted by Gasteiger charge is -2.13. The molecule has 1 amide bonds. The molecule has 0 aliphatic rings. The van der Waals surface area contributed by atoms with Gasteiger partial charge in [0.2, 0.25) is 0 Å². The van der Waals surface area contributed by atoms with Crippen LogP contribution in [0.2, 0.25) is 5.02 Å². The topological polar surface area (TPSA) is 55.4 Å². The smallest absolute Gasteiger partial charge is 0.349 e. The van der Waals surface area contributed by atoms with Gasteiger partial charge in [0.15, 0.2) is 6.10 Å². The minimum atomic E-state index is -1.03. The summed E-state index contributed by atoms with van der Waals surface area (Å²) in [5, 5.41) is 3.34. The summed E-state index contributed by atoms with van der Waals surface area (Å²) < 4.78 is 19.5. The van der Waals surface area contributed by atoms with Crippen molar-refractivity contribution in [3.63, 3.8) is 0 Å². The van der Waals surface area contributed by atoms with E-state index in [9.17, 15) is 14.0 Å². The predicted molar refractivity (Wildman–Crippen MR) is 96.7 cm³/mol. The number of carbonyl (C=O) groups excluding carboxylic acids is 2. The van der Waals surface area contributed by atoms with E-state index in [1.54, 1.807) is 36.4 Å². The summed E-state index contributed by atoms with van der Waals surface area (Å²) in [7, 11) is 0. The highest BCUT2D eigenvalue weighted by atomic mass is 35.5. The van der Waals surface area contributed by atoms with E-state index in [1.807, 2.05) is 0 Å². The van der Waals surface area contributed by atoms with E-state index < -0.39 is 23.8 Å². The number of halogens is 2. The number of rotatable bonds is 4. The second-order valence-electron chi connectivity index (χ2n) is 5.28. The second kappa shape index (κ2) is 7.21. The molecule has 0 saturated heterocycles. The molecule has 0 fully saturated rings. The molecule has 0 unspecified atom stereocenters. The maximum absolute atomic E-state index is 13.7. The number of benzene rings is 2. The SMILES string of the molecule is C[C@@H](OC(=O)c1cc2c(F)cccc2s1)C(=O)Nc1ccccc1Cl. The Morgan fingerprint density at radius 1 is 1.20 bits per heavy atom. The van der Waals surface area contributed by atoms with Crippen molar-refractivity contribution in [2.75, 3.05) is 5.32 Å². The van der Waals surface area contributed by atoms with Gasteiger partial charge in [0, 0.05) is 10.1 Å². The van der Waals surface area contributed by atoms with E-state index >= 15 is 0 Å². The maximum atomic E-state index is 13.7. The van der Waals surface area contributed by atoms with Crippen molar-refractivity contribution in [1.82, 2.24) is 0 Å². The molecule has 0 aliphatic heterocycles. The van der Waals surface area contributed by atoms with Crippen LogP contribution in [0.15, 0.2) is 48.5 Å². The predicted octanol–water partition coefficient (Wildman–Crippen LogP) is 4.88. The molecule has 1 N–H and O–H groups in total. The van der Waals surface area contributed by atoms with Crippen molar-refractivity contribution in [1.29, 1.82) is 0 Å². The number of hydrogen-bond donors (Lipinski definition) is 1. The fraction of sp³-hybridized carbons (Fsp3) is 0.111. The first kappa shape index (κ1) is 17.4. The van der Waals surface area contributed by atoms with Gasteiger partial charge in [-0.25, -0.2) is 9.18 Å². The Kier molecular flexibility index (Phi) is 5.01. The molecule has 7 heteroatoms. The molecule has 25 heavy (non-hydrogen) atoms. The summed E-state index contributed by atoms with van der Waals surface area (Å²) in [5.41, 5.74) is 0.431. The molecule has 2 aromatic carbocycles.